The van der Waals surface area contributed by atoms with E-state index in [1.54, 1.807) is 0 Å². The van der Waals surface area contributed by atoms with Gasteiger partial charge in [0.05, 0.1) is 11.0 Å². The summed E-state index contributed by atoms with van der Waals surface area (Å²) in [6.07, 6.45) is 2.73. The number of thiophene rings is 1. The third-order valence-electron chi connectivity index (χ3n) is 7.99. The molecule has 5 heterocycles. The van der Waals surface area contributed by atoms with E-state index in [1.807, 2.05) is 0 Å². The van der Waals surface area contributed by atoms with Crippen LogP contribution in [0.5, 0.6) is 0 Å². The number of fused-ring (bicyclic) bond motifs is 1. The van der Waals surface area contributed by atoms with Crippen LogP contribution in [0.25, 0.3) is 11.5 Å². The number of aromatic nitrogens is 3. The first-order valence-electron chi connectivity index (χ1n) is 13.0. The quantitative estimate of drug-likeness (QED) is 0.531. The number of nitrogens with one attached hydrogen (secondary N) is 1. The molecule has 0 radical (unpaired) electrons. The molecule has 0 spiro atoms. The van der Waals surface area contributed by atoms with Crippen LogP contribution in [0.4, 0.5) is 16.5 Å². The second kappa shape index (κ2) is 9.59. The fourth-order valence-corrected chi connectivity index (χ4v) is 6.97. The average molecular weight is 520 g/mol. The molecule has 194 valence electrons. The maximum atomic E-state index is 9.83. The minimum absolute atomic E-state index is 0.484. The van der Waals surface area contributed by atoms with E-state index in [0.717, 1.165) is 93.6 Å². The summed E-state index contributed by atoms with van der Waals surface area (Å²) in [6, 6.07) is 6.60. The van der Waals surface area contributed by atoms with Gasteiger partial charge in [0.15, 0.2) is 0 Å². The molecule has 1 unspecified atom stereocenters. The van der Waals surface area contributed by atoms with Crippen LogP contribution >= 0.6 is 11.3 Å². The average Bonchev–Trinajstić information content (AvgIpc) is 3.55. The third-order valence-corrected chi connectivity index (χ3v) is 9.06. The number of hydrogen-bond acceptors (Lipinski definition) is 11. The van der Waals surface area contributed by atoms with Crippen molar-refractivity contribution in [2.75, 3.05) is 74.9 Å². The van der Waals surface area contributed by atoms with Gasteiger partial charge in [-0.25, -0.2) is 4.98 Å². The van der Waals surface area contributed by atoms with Gasteiger partial charge in [-0.3, -0.25) is 0 Å². The highest BCUT2D eigenvalue weighted by molar-refractivity contribution is 7.16. The Hall–Kier alpha value is -3.20. The molecule has 0 bridgehead atoms. The highest BCUT2D eigenvalue weighted by Crippen LogP contribution is 2.48. The van der Waals surface area contributed by atoms with Crippen LogP contribution in [0, 0.1) is 11.3 Å². The second-order valence-electron chi connectivity index (χ2n) is 10.5. The molecule has 2 fully saturated rings. The highest BCUT2D eigenvalue weighted by atomic mass is 32.1. The summed E-state index contributed by atoms with van der Waals surface area (Å²) in [5, 5.41) is 18.2. The Morgan fingerprint density at radius 3 is 2.65 bits per heavy atom. The number of nitriles is 1. The Kier molecular flexibility index (Phi) is 6.26. The predicted molar refractivity (Wildman–Crippen MR) is 145 cm³/mol. The number of pyridine rings is 1. The van der Waals surface area contributed by atoms with Crippen molar-refractivity contribution < 1.29 is 4.52 Å². The molecule has 6 rings (SSSR count). The van der Waals surface area contributed by atoms with Crippen LogP contribution in [0.3, 0.4) is 0 Å². The zero-order valence-electron chi connectivity index (χ0n) is 21.5. The van der Waals surface area contributed by atoms with E-state index < -0.39 is 5.41 Å². The van der Waals surface area contributed by atoms with Gasteiger partial charge in [-0.05, 0) is 39.3 Å². The molecular weight excluding hydrogens is 486 g/mol. The van der Waals surface area contributed by atoms with Crippen molar-refractivity contribution in [3.05, 3.63) is 34.0 Å². The zero-order chi connectivity index (χ0) is 25.6. The fraction of sp³-hybridized carbons (Fsp3) is 0.538. The molecule has 2 saturated heterocycles. The minimum Gasteiger partial charge on any atom is -0.389 e. The number of rotatable bonds is 4. The SMILES string of the molecule is CN1CCN(c2cc(N3CCNCC3)cc(-c3noc(C4(C)CCCc5sc(N)c(C#N)c54)n3)n2)CC1. The predicted octanol–water partition coefficient (Wildman–Crippen LogP) is 2.45. The Labute approximate surface area is 221 Å². The van der Waals surface area contributed by atoms with E-state index in [-0.39, 0.29) is 0 Å². The maximum absolute atomic E-state index is 9.83. The van der Waals surface area contributed by atoms with E-state index in [0.29, 0.717) is 28.0 Å². The first-order valence-corrected chi connectivity index (χ1v) is 13.9. The Morgan fingerprint density at radius 2 is 1.89 bits per heavy atom. The van der Waals surface area contributed by atoms with Crippen LogP contribution in [-0.2, 0) is 11.8 Å². The van der Waals surface area contributed by atoms with Crippen LogP contribution < -0.4 is 20.9 Å². The van der Waals surface area contributed by atoms with Gasteiger partial charge in [0.2, 0.25) is 11.7 Å². The first-order chi connectivity index (χ1) is 18.0. The van der Waals surface area contributed by atoms with E-state index in [2.05, 4.69) is 57.3 Å². The number of nitrogens with two attached hydrogens (primary N) is 1. The number of nitrogen functional groups attached to an aromatic ring is 1. The molecule has 3 aliphatic rings. The zero-order valence-corrected chi connectivity index (χ0v) is 22.3. The van der Waals surface area contributed by atoms with Gasteiger partial charge in [0.1, 0.15) is 22.6 Å². The number of likely N-dealkylation sites (N-methyl/N-ethyl adjacent to an activating group) is 1. The van der Waals surface area contributed by atoms with Gasteiger partial charge in [0.25, 0.3) is 0 Å². The largest absolute Gasteiger partial charge is 0.389 e. The van der Waals surface area contributed by atoms with Crippen LogP contribution in [0.2, 0.25) is 0 Å². The van der Waals surface area contributed by atoms with Crippen LogP contribution in [0.1, 0.15) is 41.7 Å². The van der Waals surface area contributed by atoms with Crippen molar-refractivity contribution in [1.82, 2.24) is 25.3 Å². The molecule has 0 amide bonds. The Bertz CT molecular complexity index is 1330. The first kappa shape index (κ1) is 24.2. The number of nitrogens with zero attached hydrogens (tertiary/aromatic N) is 7. The molecule has 0 aromatic carbocycles. The maximum Gasteiger partial charge on any atom is 0.237 e. The van der Waals surface area contributed by atoms with Gasteiger partial charge in [-0.2, -0.15) is 10.2 Å². The van der Waals surface area contributed by atoms with Crippen molar-refractivity contribution in [2.24, 2.45) is 0 Å². The lowest BCUT2D eigenvalue weighted by Crippen LogP contribution is -2.45. The van der Waals surface area contributed by atoms with Gasteiger partial charge in [0, 0.05) is 74.6 Å². The summed E-state index contributed by atoms with van der Waals surface area (Å²) in [5.74, 6) is 1.96. The van der Waals surface area contributed by atoms with Crippen LogP contribution in [0.15, 0.2) is 16.7 Å². The summed E-state index contributed by atoms with van der Waals surface area (Å²) in [5.41, 5.74) is 9.03. The molecule has 37 heavy (non-hydrogen) atoms. The lowest BCUT2D eigenvalue weighted by atomic mass is 9.72. The number of anilines is 3. The van der Waals surface area contributed by atoms with Gasteiger partial charge >= 0.3 is 0 Å². The normalized spacial score (nSPS) is 22.6. The number of aryl methyl sites for hydroxylation is 1. The summed E-state index contributed by atoms with van der Waals surface area (Å²) in [4.78, 5) is 18.2. The number of piperazine rings is 2. The van der Waals surface area contributed by atoms with Gasteiger partial charge < -0.3 is 30.3 Å². The summed E-state index contributed by atoms with van der Waals surface area (Å²) in [7, 11) is 2.16. The molecule has 10 nitrogen and oxygen atoms in total. The van der Waals surface area contributed by atoms with Crippen molar-refractivity contribution >= 4 is 27.8 Å². The van der Waals surface area contributed by atoms with E-state index in [1.165, 1.54) is 11.3 Å². The lowest BCUT2D eigenvalue weighted by Gasteiger charge is -2.35. The third kappa shape index (κ3) is 4.33. The van der Waals surface area contributed by atoms with Crippen LogP contribution in [-0.4, -0.2) is 79.4 Å². The van der Waals surface area contributed by atoms with E-state index in [4.69, 9.17) is 20.2 Å². The van der Waals surface area contributed by atoms with Gasteiger partial charge in [-0.1, -0.05) is 5.16 Å². The molecule has 0 saturated carbocycles. The molecule has 2 aliphatic heterocycles. The molecule has 1 atom stereocenters. The molecular formula is C26H33N9OS. The second-order valence-corrected chi connectivity index (χ2v) is 11.6. The van der Waals surface area contributed by atoms with Gasteiger partial charge in [-0.15, -0.1) is 11.3 Å². The molecule has 3 aromatic heterocycles. The van der Waals surface area contributed by atoms with E-state index in [9.17, 15) is 5.26 Å². The fourth-order valence-electron chi connectivity index (χ4n) is 5.78. The molecule has 3 N–H and O–H groups in total. The monoisotopic (exact) mass is 519 g/mol. The smallest absolute Gasteiger partial charge is 0.237 e. The Balaban J connectivity index is 1.39. The number of hydrogen-bond donors (Lipinski definition) is 2. The minimum atomic E-state index is -0.547. The molecule has 3 aromatic rings. The van der Waals surface area contributed by atoms with Crippen molar-refractivity contribution in [3.8, 4) is 17.6 Å². The molecule has 1 aliphatic carbocycles. The van der Waals surface area contributed by atoms with Crippen molar-refractivity contribution in [3.63, 3.8) is 0 Å². The standard InChI is InChI=1S/C26H33N9OS/c1-26(5-3-4-20-22(26)18(16-27)23(28)37-20)25-31-24(32-36-25)19-14-17(34-8-6-29-7-9-34)15-21(30-19)35-12-10-33(2)11-13-35/h14-15,29H,3-13,28H2,1-2H3. The molecule has 11 heteroatoms. The van der Waals surface area contributed by atoms with Crippen molar-refractivity contribution in [1.29, 1.82) is 5.26 Å². The van der Waals surface area contributed by atoms with E-state index >= 15 is 0 Å². The summed E-state index contributed by atoms with van der Waals surface area (Å²) < 4.78 is 5.92. The van der Waals surface area contributed by atoms with Crippen molar-refractivity contribution in [2.45, 2.75) is 31.6 Å². The summed E-state index contributed by atoms with van der Waals surface area (Å²) in [6.45, 7) is 9.78. The topological polar surface area (TPSA) is 123 Å². The Morgan fingerprint density at radius 1 is 1.11 bits per heavy atom. The lowest BCUT2D eigenvalue weighted by molar-refractivity contribution is 0.300. The summed E-state index contributed by atoms with van der Waals surface area (Å²) >= 11 is 1.51. The highest BCUT2D eigenvalue weighted by Gasteiger charge is 2.43.